The van der Waals surface area contributed by atoms with E-state index in [2.05, 4.69) is 62.1 Å². The number of rotatable bonds is 5. The smallest absolute Gasteiger partial charge is 0.0249 e. The van der Waals surface area contributed by atoms with Crippen LogP contribution < -0.4 is 0 Å². The summed E-state index contributed by atoms with van der Waals surface area (Å²) in [5.74, 6) is 10.1. The molecule has 0 aliphatic heterocycles. The van der Waals surface area contributed by atoms with E-state index < -0.39 is 0 Å². The molecular weight excluding hydrogens is 324 g/mol. The molecule has 2 aliphatic rings. The molecule has 0 atom stereocenters. The maximum absolute atomic E-state index is 3.32. The van der Waals surface area contributed by atoms with Gasteiger partial charge in [0.2, 0.25) is 0 Å². The standard InChI is InChI=1S/C27H38/c1-3-7-23-14-18-26(19-15-23)27-20-16-25(17-21-27)9-6-5-8-24-12-10-22(4-2)11-13-24/h5,8,16-17,20-24,26H,3-4,7,10-15,18-19H2,1-2H3/b8-5+/t22-,23-,24-,26-. The van der Waals surface area contributed by atoms with Crippen LogP contribution in [0.1, 0.15) is 102 Å². The minimum Gasteiger partial charge on any atom is -0.0730 e. The summed E-state index contributed by atoms with van der Waals surface area (Å²) < 4.78 is 0. The SMILES string of the molecule is CCC[C@H]1CC[C@H](c2ccc(C#C/C=C/[C@H]3CC[C@H](CC)CC3)cc2)CC1. The third-order valence-electron chi connectivity index (χ3n) is 7.06. The fourth-order valence-electron chi connectivity index (χ4n) is 5.13. The van der Waals surface area contributed by atoms with Crippen LogP contribution in [0.25, 0.3) is 0 Å². The van der Waals surface area contributed by atoms with E-state index in [1.165, 1.54) is 76.2 Å². The van der Waals surface area contributed by atoms with Crippen molar-refractivity contribution in [3.63, 3.8) is 0 Å². The van der Waals surface area contributed by atoms with E-state index in [1.54, 1.807) is 0 Å². The summed E-state index contributed by atoms with van der Waals surface area (Å²) in [6.45, 7) is 4.65. The Kier molecular flexibility index (Phi) is 8.07. The van der Waals surface area contributed by atoms with Gasteiger partial charge in [0.25, 0.3) is 0 Å². The van der Waals surface area contributed by atoms with Gasteiger partial charge < -0.3 is 0 Å². The monoisotopic (exact) mass is 362 g/mol. The van der Waals surface area contributed by atoms with Gasteiger partial charge >= 0.3 is 0 Å². The van der Waals surface area contributed by atoms with E-state index >= 15 is 0 Å². The summed E-state index contributed by atoms with van der Waals surface area (Å²) in [7, 11) is 0. The lowest BCUT2D eigenvalue weighted by molar-refractivity contribution is 0.304. The predicted molar refractivity (Wildman–Crippen MR) is 118 cm³/mol. The van der Waals surface area contributed by atoms with Gasteiger partial charge in [-0.3, -0.25) is 0 Å². The molecule has 0 bridgehead atoms. The lowest BCUT2D eigenvalue weighted by atomic mass is 9.77. The third kappa shape index (κ3) is 6.27. The Morgan fingerprint density at radius 1 is 0.852 bits per heavy atom. The van der Waals surface area contributed by atoms with Crippen LogP contribution in [0.3, 0.4) is 0 Å². The van der Waals surface area contributed by atoms with Crippen molar-refractivity contribution in [2.75, 3.05) is 0 Å². The van der Waals surface area contributed by atoms with Gasteiger partial charge in [-0.15, -0.1) is 0 Å². The number of benzene rings is 1. The number of hydrogen-bond donors (Lipinski definition) is 0. The third-order valence-corrected chi connectivity index (χ3v) is 7.06. The number of allylic oxidation sites excluding steroid dienone is 2. The maximum Gasteiger partial charge on any atom is 0.0249 e. The molecule has 0 heterocycles. The van der Waals surface area contributed by atoms with Gasteiger partial charge in [-0.1, -0.05) is 63.2 Å². The molecule has 27 heavy (non-hydrogen) atoms. The quantitative estimate of drug-likeness (QED) is 0.467. The molecule has 0 nitrogen and oxygen atoms in total. The second kappa shape index (κ2) is 10.8. The lowest BCUT2D eigenvalue weighted by Gasteiger charge is -2.28. The number of hydrogen-bond acceptors (Lipinski definition) is 0. The maximum atomic E-state index is 3.32. The van der Waals surface area contributed by atoms with Gasteiger partial charge in [-0.2, -0.15) is 0 Å². The highest BCUT2D eigenvalue weighted by molar-refractivity contribution is 5.39. The molecule has 2 fully saturated rings. The van der Waals surface area contributed by atoms with Crippen molar-refractivity contribution in [2.24, 2.45) is 17.8 Å². The Bertz CT molecular complexity index is 623. The summed E-state index contributed by atoms with van der Waals surface area (Å²) >= 11 is 0. The topological polar surface area (TPSA) is 0 Å². The summed E-state index contributed by atoms with van der Waals surface area (Å²) in [5.41, 5.74) is 2.68. The first-order valence-corrected chi connectivity index (χ1v) is 11.6. The first-order chi connectivity index (χ1) is 13.3. The lowest BCUT2D eigenvalue weighted by Crippen LogP contribution is -2.13. The zero-order valence-corrected chi connectivity index (χ0v) is 17.6. The molecule has 0 spiro atoms. The predicted octanol–water partition coefficient (Wildman–Crippen LogP) is 7.88. The Balaban J connectivity index is 1.46. The highest BCUT2D eigenvalue weighted by Crippen LogP contribution is 2.37. The van der Waals surface area contributed by atoms with E-state index in [4.69, 9.17) is 0 Å². The molecule has 0 heteroatoms. The molecule has 0 unspecified atom stereocenters. The Morgan fingerprint density at radius 2 is 1.52 bits per heavy atom. The van der Waals surface area contributed by atoms with Gasteiger partial charge in [0.15, 0.2) is 0 Å². The van der Waals surface area contributed by atoms with Crippen molar-refractivity contribution in [3.05, 3.63) is 47.5 Å². The van der Waals surface area contributed by atoms with Gasteiger partial charge in [0.1, 0.15) is 0 Å². The fourth-order valence-corrected chi connectivity index (χ4v) is 5.13. The highest BCUT2D eigenvalue weighted by Gasteiger charge is 2.21. The van der Waals surface area contributed by atoms with Crippen LogP contribution in [0, 0.1) is 29.6 Å². The van der Waals surface area contributed by atoms with Gasteiger partial charge in [0.05, 0.1) is 0 Å². The summed E-state index contributed by atoms with van der Waals surface area (Å²) in [6.07, 6.45) is 19.7. The van der Waals surface area contributed by atoms with Crippen LogP contribution in [0.5, 0.6) is 0 Å². The first kappa shape index (κ1) is 20.3. The molecule has 0 radical (unpaired) electrons. The van der Waals surface area contributed by atoms with E-state index in [9.17, 15) is 0 Å². The molecule has 1 aromatic carbocycles. The average molecular weight is 363 g/mol. The Morgan fingerprint density at radius 3 is 2.15 bits per heavy atom. The zero-order valence-electron chi connectivity index (χ0n) is 17.6. The van der Waals surface area contributed by atoms with Crippen LogP contribution in [0.15, 0.2) is 36.4 Å². The molecule has 0 N–H and O–H groups in total. The summed E-state index contributed by atoms with van der Waals surface area (Å²) in [5, 5.41) is 0. The van der Waals surface area contributed by atoms with Crippen molar-refractivity contribution in [2.45, 2.75) is 90.4 Å². The van der Waals surface area contributed by atoms with Crippen LogP contribution in [0.4, 0.5) is 0 Å². The fraction of sp³-hybridized carbons (Fsp3) is 0.630. The molecule has 0 amide bonds. The molecule has 0 aromatic heterocycles. The Labute approximate surface area is 167 Å². The van der Waals surface area contributed by atoms with Crippen molar-refractivity contribution in [3.8, 4) is 11.8 Å². The Hall–Kier alpha value is -1.48. The van der Waals surface area contributed by atoms with Crippen molar-refractivity contribution >= 4 is 0 Å². The molecule has 146 valence electrons. The van der Waals surface area contributed by atoms with E-state index in [-0.39, 0.29) is 0 Å². The van der Waals surface area contributed by atoms with Crippen molar-refractivity contribution < 1.29 is 0 Å². The van der Waals surface area contributed by atoms with Crippen molar-refractivity contribution in [1.29, 1.82) is 0 Å². The molecule has 3 rings (SSSR count). The van der Waals surface area contributed by atoms with E-state index in [1.807, 2.05) is 0 Å². The molecule has 1 aromatic rings. The van der Waals surface area contributed by atoms with Crippen LogP contribution in [0.2, 0.25) is 0 Å². The largest absolute Gasteiger partial charge is 0.0730 e. The second-order valence-corrected chi connectivity index (χ2v) is 8.95. The van der Waals surface area contributed by atoms with Crippen LogP contribution >= 0.6 is 0 Å². The van der Waals surface area contributed by atoms with Gasteiger partial charge in [-0.05, 0) is 98.8 Å². The van der Waals surface area contributed by atoms with Crippen molar-refractivity contribution in [1.82, 2.24) is 0 Å². The molecule has 0 saturated heterocycles. The van der Waals surface area contributed by atoms with Crippen LogP contribution in [-0.4, -0.2) is 0 Å². The highest BCUT2D eigenvalue weighted by atomic mass is 14.3. The normalized spacial score (nSPS) is 28.7. The minimum absolute atomic E-state index is 0.757. The molecule has 2 saturated carbocycles. The van der Waals surface area contributed by atoms with Gasteiger partial charge in [-0.25, -0.2) is 0 Å². The van der Waals surface area contributed by atoms with Gasteiger partial charge in [0, 0.05) is 5.56 Å². The summed E-state index contributed by atoms with van der Waals surface area (Å²) in [4.78, 5) is 0. The van der Waals surface area contributed by atoms with Crippen LogP contribution in [-0.2, 0) is 0 Å². The van der Waals surface area contributed by atoms with E-state index in [0.29, 0.717) is 0 Å². The molecule has 2 aliphatic carbocycles. The summed E-state index contributed by atoms with van der Waals surface area (Å²) in [6, 6.07) is 9.09. The first-order valence-electron chi connectivity index (χ1n) is 11.6. The second-order valence-electron chi connectivity index (χ2n) is 8.95. The minimum atomic E-state index is 0.757. The average Bonchev–Trinajstić information content (AvgIpc) is 2.73. The van der Waals surface area contributed by atoms with E-state index in [0.717, 1.165) is 29.2 Å². The zero-order chi connectivity index (χ0) is 18.9. The molecular formula is C27H38.